The number of hydrogen-bond acceptors (Lipinski definition) is 2. The monoisotopic (exact) mass is 307 g/mol. The third-order valence-electron chi connectivity index (χ3n) is 4.48. The Hall–Kier alpha value is -2.82. The second kappa shape index (κ2) is 5.12. The SMILES string of the molecule is Cn1cc(-c2ccc(C(=O)N3CCC3)cc2)c2cc[nH]c2c1=O. The van der Waals surface area contributed by atoms with Crippen molar-refractivity contribution in [1.29, 1.82) is 0 Å². The predicted molar refractivity (Wildman–Crippen MR) is 89.5 cm³/mol. The van der Waals surface area contributed by atoms with Gasteiger partial charge in [0, 0.05) is 49.0 Å². The van der Waals surface area contributed by atoms with Crippen LogP contribution in [0.3, 0.4) is 0 Å². The number of hydrogen-bond donors (Lipinski definition) is 1. The smallest absolute Gasteiger partial charge is 0.274 e. The molecule has 3 aromatic rings. The fourth-order valence-electron chi connectivity index (χ4n) is 2.99. The van der Waals surface area contributed by atoms with Crippen molar-refractivity contribution >= 4 is 16.8 Å². The zero-order chi connectivity index (χ0) is 16.0. The molecule has 0 saturated carbocycles. The highest BCUT2D eigenvalue weighted by molar-refractivity contribution is 5.97. The normalized spacial score (nSPS) is 14.0. The minimum Gasteiger partial charge on any atom is -0.357 e. The Morgan fingerprint density at radius 2 is 1.87 bits per heavy atom. The maximum Gasteiger partial charge on any atom is 0.274 e. The molecule has 0 atom stereocenters. The number of aromatic amines is 1. The summed E-state index contributed by atoms with van der Waals surface area (Å²) >= 11 is 0. The minimum atomic E-state index is -0.0432. The molecule has 5 heteroatoms. The van der Waals surface area contributed by atoms with Gasteiger partial charge >= 0.3 is 0 Å². The summed E-state index contributed by atoms with van der Waals surface area (Å²) in [6, 6.07) is 9.52. The van der Waals surface area contributed by atoms with Gasteiger partial charge in [-0.2, -0.15) is 0 Å². The topological polar surface area (TPSA) is 58.1 Å². The molecule has 5 nitrogen and oxygen atoms in total. The number of carbonyl (C=O) groups is 1. The van der Waals surface area contributed by atoms with E-state index >= 15 is 0 Å². The standard InChI is InChI=1S/C18H17N3O2/c1-20-11-15(14-7-8-19-16(14)18(20)23)12-3-5-13(6-4-12)17(22)21-9-2-10-21/h3-8,11,19H,2,9-10H2,1H3. The van der Waals surface area contributed by atoms with Gasteiger partial charge in [-0.15, -0.1) is 0 Å². The van der Waals surface area contributed by atoms with Crippen molar-refractivity contribution in [3.8, 4) is 11.1 Å². The molecule has 2 aromatic heterocycles. The van der Waals surface area contributed by atoms with Crippen LogP contribution in [-0.2, 0) is 7.05 Å². The van der Waals surface area contributed by atoms with Crippen molar-refractivity contribution in [2.24, 2.45) is 7.05 Å². The van der Waals surface area contributed by atoms with Gasteiger partial charge in [-0.1, -0.05) is 12.1 Å². The number of aryl methyl sites for hydroxylation is 1. The Balaban J connectivity index is 1.76. The van der Waals surface area contributed by atoms with Crippen LogP contribution in [0.25, 0.3) is 22.0 Å². The van der Waals surface area contributed by atoms with Crippen molar-refractivity contribution in [2.45, 2.75) is 6.42 Å². The number of nitrogens with zero attached hydrogens (tertiary/aromatic N) is 2. The molecule has 1 fully saturated rings. The second-order valence-electron chi connectivity index (χ2n) is 5.95. The average molecular weight is 307 g/mol. The molecular weight excluding hydrogens is 290 g/mol. The van der Waals surface area contributed by atoms with E-state index in [4.69, 9.17) is 0 Å². The number of likely N-dealkylation sites (tertiary alicyclic amines) is 1. The van der Waals surface area contributed by atoms with Crippen LogP contribution >= 0.6 is 0 Å². The van der Waals surface area contributed by atoms with Crippen LogP contribution < -0.4 is 5.56 Å². The molecule has 3 heterocycles. The van der Waals surface area contributed by atoms with E-state index in [0.29, 0.717) is 11.1 Å². The largest absolute Gasteiger partial charge is 0.357 e. The van der Waals surface area contributed by atoms with Crippen LogP contribution in [0.4, 0.5) is 0 Å². The molecule has 1 N–H and O–H groups in total. The van der Waals surface area contributed by atoms with Gasteiger partial charge in [-0.3, -0.25) is 9.59 Å². The summed E-state index contributed by atoms with van der Waals surface area (Å²) < 4.78 is 1.58. The van der Waals surface area contributed by atoms with Gasteiger partial charge in [0.1, 0.15) is 5.52 Å². The van der Waals surface area contributed by atoms with Crippen molar-refractivity contribution in [3.63, 3.8) is 0 Å². The molecule has 0 spiro atoms. The third-order valence-corrected chi connectivity index (χ3v) is 4.48. The Morgan fingerprint density at radius 3 is 2.52 bits per heavy atom. The van der Waals surface area contributed by atoms with E-state index in [1.54, 1.807) is 17.8 Å². The van der Waals surface area contributed by atoms with Gasteiger partial charge in [-0.25, -0.2) is 0 Å². The maximum atomic E-state index is 12.2. The number of pyridine rings is 1. The van der Waals surface area contributed by atoms with Crippen molar-refractivity contribution in [2.75, 3.05) is 13.1 Å². The lowest BCUT2D eigenvalue weighted by molar-refractivity contribution is 0.0652. The molecule has 0 bridgehead atoms. The number of rotatable bonds is 2. The lowest BCUT2D eigenvalue weighted by Gasteiger charge is -2.30. The summed E-state index contributed by atoms with van der Waals surface area (Å²) in [5.41, 5.74) is 3.24. The fourth-order valence-corrected chi connectivity index (χ4v) is 2.99. The molecule has 4 rings (SSSR count). The van der Waals surface area contributed by atoms with Crippen molar-refractivity contribution in [1.82, 2.24) is 14.5 Å². The van der Waals surface area contributed by atoms with E-state index in [1.165, 1.54) is 0 Å². The molecule has 1 aliphatic rings. The zero-order valence-electron chi connectivity index (χ0n) is 12.9. The maximum absolute atomic E-state index is 12.2. The molecule has 1 aliphatic heterocycles. The van der Waals surface area contributed by atoms with Gasteiger partial charge in [0.05, 0.1) is 0 Å². The quantitative estimate of drug-likeness (QED) is 0.790. The fraction of sp³-hybridized carbons (Fsp3) is 0.222. The van der Waals surface area contributed by atoms with E-state index in [9.17, 15) is 9.59 Å². The van der Waals surface area contributed by atoms with E-state index in [0.717, 1.165) is 36.0 Å². The molecule has 1 aromatic carbocycles. The summed E-state index contributed by atoms with van der Waals surface area (Å²) in [4.78, 5) is 29.2. The number of nitrogens with one attached hydrogen (secondary N) is 1. The first-order valence-corrected chi connectivity index (χ1v) is 7.71. The first-order valence-electron chi connectivity index (χ1n) is 7.71. The highest BCUT2D eigenvalue weighted by atomic mass is 16.2. The molecule has 1 amide bonds. The van der Waals surface area contributed by atoms with Crippen molar-refractivity contribution in [3.05, 3.63) is 58.6 Å². The average Bonchev–Trinajstić information content (AvgIpc) is 2.99. The summed E-state index contributed by atoms with van der Waals surface area (Å²) in [6.45, 7) is 1.71. The molecule has 1 saturated heterocycles. The van der Waals surface area contributed by atoms with Gasteiger partial charge in [-0.05, 0) is 30.2 Å². The zero-order valence-corrected chi connectivity index (χ0v) is 12.9. The highest BCUT2D eigenvalue weighted by Crippen LogP contribution is 2.27. The van der Waals surface area contributed by atoms with Crippen LogP contribution in [0.5, 0.6) is 0 Å². The number of amides is 1. The van der Waals surface area contributed by atoms with Gasteiger partial charge < -0.3 is 14.5 Å². The van der Waals surface area contributed by atoms with Crippen LogP contribution in [-0.4, -0.2) is 33.4 Å². The van der Waals surface area contributed by atoms with Crippen LogP contribution in [0.1, 0.15) is 16.8 Å². The second-order valence-corrected chi connectivity index (χ2v) is 5.95. The Morgan fingerprint density at radius 1 is 1.13 bits per heavy atom. The lowest BCUT2D eigenvalue weighted by Crippen LogP contribution is -2.41. The highest BCUT2D eigenvalue weighted by Gasteiger charge is 2.21. The molecular formula is C18H17N3O2. The van der Waals surface area contributed by atoms with E-state index in [1.807, 2.05) is 41.4 Å². The van der Waals surface area contributed by atoms with Crippen LogP contribution in [0, 0.1) is 0 Å². The number of carbonyl (C=O) groups excluding carboxylic acids is 1. The van der Waals surface area contributed by atoms with E-state index in [-0.39, 0.29) is 11.5 Å². The van der Waals surface area contributed by atoms with Crippen LogP contribution in [0.15, 0.2) is 47.5 Å². The van der Waals surface area contributed by atoms with E-state index < -0.39 is 0 Å². The van der Waals surface area contributed by atoms with Gasteiger partial charge in [0.25, 0.3) is 11.5 Å². The summed E-state index contributed by atoms with van der Waals surface area (Å²) in [5.74, 6) is 0.0926. The number of aromatic nitrogens is 2. The molecule has 0 radical (unpaired) electrons. The first-order chi connectivity index (χ1) is 11.1. The number of fused-ring (bicyclic) bond motifs is 1. The van der Waals surface area contributed by atoms with Crippen LogP contribution in [0.2, 0.25) is 0 Å². The Kier molecular flexibility index (Phi) is 3.08. The summed E-state index contributed by atoms with van der Waals surface area (Å²) in [7, 11) is 1.74. The molecule has 0 unspecified atom stereocenters. The number of H-pyrrole nitrogens is 1. The minimum absolute atomic E-state index is 0.0432. The van der Waals surface area contributed by atoms with Gasteiger partial charge in [0.15, 0.2) is 0 Å². The third kappa shape index (κ3) is 2.16. The van der Waals surface area contributed by atoms with E-state index in [2.05, 4.69) is 4.98 Å². The van der Waals surface area contributed by atoms with Crippen molar-refractivity contribution < 1.29 is 4.79 Å². The predicted octanol–water partition coefficient (Wildman–Crippen LogP) is 2.38. The Bertz CT molecular complexity index is 947. The summed E-state index contributed by atoms with van der Waals surface area (Å²) in [6.07, 6.45) is 4.70. The molecule has 23 heavy (non-hydrogen) atoms. The summed E-state index contributed by atoms with van der Waals surface area (Å²) in [5, 5.41) is 0.898. The molecule has 0 aliphatic carbocycles. The Labute approximate surface area is 133 Å². The molecule has 116 valence electrons. The van der Waals surface area contributed by atoms with Gasteiger partial charge in [0.2, 0.25) is 0 Å². The number of benzene rings is 1. The lowest BCUT2D eigenvalue weighted by atomic mass is 10.0. The first kappa shape index (κ1) is 13.8.